The molecule has 0 radical (unpaired) electrons. The average molecular weight is 196 g/mol. The van der Waals surface area contributed by atoms with Crippen LogP contribution in [0.25, 0.3) is 0 Å². The lowest BCUT2D eigenvalue weighted by Crippen LogP contribution is -2.08. The molecule has 1 rings (SSSR count). The van der Waals surface area contributed by atoms with E-state index >= 15 is 0 Å². The Balaban J connectivity index is 3.27. The molecule has 0 aliphatic heterocycles. The van der Waals surface area contributed by atoms with Gasteiger partial charge in [0.15, 0.2) is 17.3 Å². The number of halogens is 1. The van der Waals surface area contributed by atoms with Gasteiger partial charge in [0.1, 0.15) is 0 Å². The fourth-order valence-corrected chi connectivity index (χ4v) is 1.23. The lowest BCUT2D eigenvalue weighted by molar-refractivity contribution is 0.0935. The fraction of sp³-hybridized carbons (Fsp3) is 0.364. The Morgan fingerprint density at radius 1 is 1.43 bits per heavy atom. The number of carbonyl (C=O) groups excluding carboxylic acids is 1. The van der Waals surface area contributed by atoms with Crippen LogP contribution in [-0.2, 0) is 0 Å². The van der Waals surface area contributed by atoms with Crippen LogP contribution in [0.4, 0.5) is 4.39 Å². The smallest absolute Gasteiger partial charge is 0.169 e. The summed E-state index contributed by atoms with van der Waals surface area (Å²) in [7, 11) is 0. The lowest BCUT2D eigenvalue weighted by atomic mass is 9.98. The molecule has 0 spiro atoms. The van der Waals surface area contributed by atoms with Crippen molar-refractivity contribution in [3.63, 3.8) is 0 Å². The summed E-state index contributed by atoms with van der Waals surface area (Å²) in [5, 5.41) is 9.35. The van der Waals surface area contributed by atoms with Gasteiger partial charge in [-0.3, -0.25) is 4.79 Å². The summed E-state index contributed by atoms with van der Waals surface area (Å²) in [4.78, 5) is 11.5. The van der Waals surface area contributed by atoms with Gasteiger partial charge in [-0.25, -0.2) is 4.39 Å². The quantitative estimate of drug-likeness (QED) is 0.738. The van der Waals surface area contributed by atoms with Gasteiger partial charge in [0, 0.05) is 5.92 Å². The standard InChI is InChI=1S/C11H13FO2/c1-6(2)10(13)8-4-7(3)5-9(12)11(8)14/h4-6,14H,1-3H3. The van der Waals surface area contributed by atoms with E-state index in [-0.39, 0.29) is 17.3 Å². The molecule has 0 unspecified atom stereocenters. The lowest BCUT2D eigenvalue weighted by Gasteiger charge is -2.08. The van der Waals surface area contributed by atoms with Crippen LogP contribution in [0.2, 0.25) is 0 Å². The minimum absolute atomic E-state index is 0.0671. The second kappa shape index (κ2) is 3.78. The Labute approximate surface area is 82.4 Å². The zero-order valence-corrected chi connectivity index (χ0v) is 8.47. The van der Waals surface area contributed by atoms with E-state index in [2.05, 4.69) is 0 Å². The third-order valence-corrected chi connectivity index (χ3v) is 2.00. The van der Waals surface area contributed by atoms with E-state index in [9.17, 15) is 14.3 Å². The van der Waals surface area contributed by atoms with Gasteiger partial charge >= 0.3 is 0 Å². The Morgan fingerprint density at radius 2 is 2.00 bits per heavy atom. The maximum Gasteiger partial charge on any atom is 0.169 e. The van der Waals surface area contributed by atoms with Gasteiger partial charge in [0.2, 0.25) is 0 Å². The molecular weight excluding hydrogens is 183 g/mol. The SMILES string of the molecule is Cc1cc(F)c(O)c(C(=O)C(C)C)c1. The summed E-state index contributed by atoms with van der Waals surface area (Å²) in [6.45, 7) is 5.10. The topological polar surface area (TPSA) is 37.3 Å². The van der Waals surface area contributed by atoms with Crippen molar-refractivity contribution in [1.82, 2.24) is 0 Å². The van der Waals surface area contributed by atoms with Gasteiger partial charge in [-0.05, 0) is 24.6 Å². The summed E-state index contributed by atoms with van der Waals surface area (Å²) in [5.41, 5.74) is 0.696. The number of hydrogen-bond donors (Lipinski definition) is 1. The number of phenolic OH excluding ortho intramolecular Hbond substituents is 1. The normalized spacial score (nSPS) is 10.6. The van der Waals surface area contributed by atoms with Crippen molar-refractivity contribution >= 4 is 5.78 Å². The maximum atomic E-state index is 13.1. The van der Waals surface area contributed by atoms with Crippen molar-refractivity contribution in [1.29, 1.82) is 0 Å². The average Bonchev–Trinajstić information content (AvgIpc) is 2.09. The number of rotatable bonds is 2. The minimum atomic E-state index is -0.742. The number of aryl methyl sites for hydroxylation is 1. The van der Waals surface area contributed by atoms with Crippen LogP contribution in [-0.4, -0.2) is 10.9 Å². The van der Waals surface area contributed by atoms with E-state index in [0.29, 0.717) is 5.56 Å². The zero-order chi connectivity index (χ0) is 10.9. The number of Topliss-reactive ketones (excluding diaryl/α,β-unsaturated/α-hetero) is 1. The number of hydrogen-bond acceptors (Lipinski definition) is 2. The van der Waals surface area contributed by atoms with E-state index in [0.717, 1.165) is 0 Å². The highest BCUT2D eigenvalue weighted by Gasteiger charge is 2.17. The molecule has 76 valence electrons. The molecule has 0 aliphatic carbocycles. The van der Waals surface area contributed by atoms with Crippen LogP contribution in [0.5, 0.6) is 5.75 Å². The van der Waals surface area contributed by atoms with E-state index < -0.39 is 11.6 Å². The molecule has 0 fully saturated rings. The molecule has 3 heteroatoms. The second-order valence-electron chi connectivity index (χ2n) is 3.66. The van der Waals surface area contributed by atoms with Crippen LogP contribution in [0.1, 0.15) is 29.8 Å². The van der Waals surface area contributed by atoms with Gasteiger partial charge in [-0.15, -0.1) is 0 Å². The highest BCUT2D eigenvalue weighted by Crippen LogP contribution is 2.25. The van der Waals surface area contributed by atoms with Crippen LogP contribution in [0.15, 0.2) is 12.1 Å². The van der Waals surface area contributed by atoms with Gasteiger partial charge < -0.3 is 5.11 Å². The van der Waals surface area contributed by atoms with Gasteiger partial charge in [0.05, 0.1) is 5.56 Å². The first-order valence-corrected chi connectivity index (χ1v) is 4.46. The summed E-state index contributed by atoms with van der Waals surface area (Å²) in [5.74, 6) is -1.78. The number of phenols is 1. The number of benzene rings is 1. The number of ketones is 1. The van der Waals surface area contributed by atoms with Crippen LogP contribution in [0, 0.1) is 18.7 Å². The number of carbonyl (C=O) groups is 1. The van der Waals surface area contributed by atoms with Crippen molar-refractivity contribution < 1.29 is 14.3 Å². The Bertz CT molecular complexity index is 370. The first-order chi connectivity index (χ1) is 6.43. The molecule has 1 aromatic carbocycles. The minimum Gasteiger partial charge on any atom is -0.504 e. The van der Waals surface area contributed by atoms with Crippen LogP contribution >= 0.6 is 0 Å². The molecular formula is C11H13FO2. The molecule has 0 saturated carbocycles. The van der Waals surface area contributed by atoms with Crippen LogP contribution < -0.4 is 0 Å². The van der Waals surface area contributed by atoms with Gasteiger partial charge in [-0.2, -0.15) is 0 Å². The first-order valence-electron chi connectivity index (χ1n) is 4.46. The molecule has 0 aliphatic rings. The van der Waals surface area contributed by atoms with E-state index in [4.69, 9.17) is 0 Å². The molecule has 1 N–H and O–H groups in total. The van der Waals surface area contributed by atoms with Crippen LogP contribution in [0.3, 0.4) is 0 Å². The molecule has 1 aromatic rings. The molecule has 0 amide bonds. The third-order valence-electron chi connectivity index (χ3n) is 2.00. The molecule has 2 nitrogen and oxygen atoms in total. The first kappa shape index (κ1) is 10.7. The van der Waals surface area contributed by atoms with E-state index in [1.54, 1.807) is 20.8 Å². The third kappa shape index (κ3) is 1.92. The molecule has 0 atom stereocenters. The van der Waals surface area contributed by atoms with E-state index in [1.807, 2.05) is 0 Å². The van der Waals surface area contributed by atoms with E-state index in [1.165, 1.54) is 12.1 Å². The predicted octanol–water partition coefficient (Wildman–Crippen LogP) is 2.68. The second-order valence-corrected chi connectivity index (χ2v) is 3.66. The summed E-state index contributed by atoms with van der Waals surface area (Å²) in [6, 6.07) is 2.70. The number of aromatic hydroxyl groups is 1. The van der Waals surface area contributed by atoms with Crippen molar-refractivity contribution in [3.05, 3.63) is 29.1 Å². The monoisotopic (exact) mass is 196 g/mol. The Hall–Kier alpha value is -1.38. The fourth-order valence-electron chi connectivity index (χ4n) is 1.23. The zero-order valence-electron chi connectivity index (χ0n) is 8.47. The van der Waals surface area contributed by atoms with Gasteiger partial charge in [-0.1, -0.05) is 13.8 Å². The molecule has 0 saturated heterocycles. The summed E-state index contributed by atoms with van der Waals surface area (Å²) >= 11 is 0. The van der Waals surface area contributed by atoms with Gasteiger partial charge in [0.25, 0.3) is 0 Å². The summed E-state index contributed by atoms with van der Waals surface area (Å²) < 4.78 is 13.1. The highest BCUT2D eigenvalue weighted by atomic mass is 19.1. The molecule has 0 heterocycles. The van der Waals surface area contributed by atoms with Crippen molar-refractivity contribution in [2.24, 2.45) is 5.92 Å². The Morgan fingerprint density at radius 3 is 2.50 bits per heavy atom. The van der Waals surface area contributed by atoms with Crippen molar-refractivity contribution in [2.75, 3.05) is 0 Å². The molecule has 14 heavy (non-hydrogen) atoms. The molecule has 0 aromatic heterocycles. The largest absolute Gasteiger partial charge is 0.504 e. The highest BCUT2D eigenvalue weighted by molar-refractivity contribution is 6.00. The maximum absolute atomic E-state index is 13.1. The predicted molar refractivity (Wildman–Crippen MR) is 52.0 cm³/mol. The van der Waals surface area contributed by atoms with Crippen molar-refractivity contribution in [2.45, 2.75) is 20.8 Å². The Kier molecular flexibility index (Phi) is 2.89. The molecule has 0 bridgehead atoms. The summed E-state index contributed by atoms with van der Waals surface area (Å²) in [6.07, 6.45) is 0. The van der Waals surface area contributed by atoms with Crippen molar-refractivity contribution in [3.8, 4) is 5.75 Å².